The number of nitrogens with one attached hydrogen (secondary N) is 1. The highest BCUT2D eigenvalue weighted by molar-refractivity contribution is 6.13. The molecule has 1 saturated carbocycles. The van der Waals surface area contributed by atoms with Gasteiger partial charge in [-0.15, -0.1) is 0 Å². The molecule has 4 N–H and O–H groups in total. The molecule has 1 aliphatic carbocycles. The smallest absolute Gasteiger partial charge is 0.132 e. The van der Waals surface area contributed by atoms with Crippen LogP contribution in [-0.4, -0.2) is 58.8 Å². The zero-order valence-corrected chi connectivity index (χ0v) is 15.9. The zero-order chi connectivity index (χ0) is 19.7. The van der Waals surface area contributed by atoms with Crippen LogP contribution in [0.1, 0.15) is 31.0 Å². The predicted molar refractivity (Wildman–Crippen MR) is 106 cm³/mol. The number of morpholine rings is 1. The maximum absolute atomic E-state index is 9.34. The molecule has 1 aromatic heterocycles. The summed E-state index contributed by atoms with van der Waals surface area (Å²) in [5.74, 6) is 1.41. The Labute approximate surface area is 163 Å². The molecule has 2 aliphatic rings. The van der Waals surface area contributed by atoms with Crippen molar-refractivity contribution < 1.29 is 14.6 Å². The van der Waals surface area contributed by atoms with E-state index in [0.29, 0.717) is 48.2 Å². The molecule has 148 valence electrons. The summed E-state index contributed by atoms with van der Waals surface area (Å²) in [7, 11) is 0. The number of rotatable bonds is 6. The van der Waals surface area contributed by atoms with E-state index < -0.39 is 0 Å². The summed E-state index contributed by atoms with van der Waals surface area (Å²) in [6, 6.07) is 7.18. The molecule has 0 radical (unpaired) electrons. The Hall–Kier alpha value is -2.71. The van der Waals surface area contributed by atoms with Crippen molar-refractivity contribution in [3.05, 3.63) is 41.9 Å². The minimum absolute atomic E-state index is 0.0352. The van der Waals surface area contributed by atoms with Gasteiger partial charge in [0.1, 0.15) is 23.5 Å². The normalized spacial score (nSPS) is 20.6. The van der Waals surface area contributed by atoms with Crippen LogP contribution in [0.15, 0.2) is 30.6 Å². The van der Waals surface area contributed by atoms with Crippen LogP contribution in [0, 0.1) is 5.41 Å². The summed E-state index contributed by atoms with van der Waals surface area (Å²) < 4.78 is 11.5. The average Bonchev–Trinajstić information content (AvgIpc) is 3.45. The molecule has 8 nitrogen and oxygen atoms in total. The summed E-state index contributed by atoms with van der Waals surface area (Å²) in [5, 5.41) is 18.0. The molecule has 28 heavy (non-hydrogen) atoms. The van der Waals surface area contributed by atoms with Crippen molar-refractivity contribution in [1.29, 1.82) is 5.41 Å². The van der Waals surface area contributed by atoms with Gasteiger partial charge in [-0.2, -0.15) is 0 Å². The number of aromatic nitrogens is 2. The highest BCUT2D eigenvalue weighted by atomic mass is 16.5. The summed E-state index contributed by atoms with van der Waals surface area (Å²) >= 11 is 0. The Balaban J connectivity index is 1.57. The van der Waals surface area contributed by atoms with Gasteiger partial charge < -0.3 is 25.2 Å². The maximum atomic E-state index is 9.34. The maximum Gasteiger partial charge on any atom is 0.132 e. The predicted octanol–water partition coefficient (Wildman–Crippen LogP) is 1.60. The lowest BCUT2D eigenvalue weighted by atomic mass is 10.0. The number of hydrogen-bond acceptors (Lipinski definition) is 8. The van der Waals surface area contributed by atoms with E-state index in [1.807, 2.05) is 11.0 Å². The minimum atomic E-state index is -0.236. The quantitative estimate of drug-likeness (QED) is 0.512. The highest BCUT2D eigenvalue weighted by Gasteiger charge is 2.40. The first kappa shape index (κ1) is 18.6. The Kier molecular flexibility index (Phi) is 4.91. The number of benzene rings is 1. The van der Waals surface area contributed by atoms with Gasteiger partial charge in [0.25, 0.3) is 0 Å². The van der Waals surface area contributed by atoms with Crippen molar-refractivity contribution in [3.63, 3.8) is 0 Å². The van der Waals surface area contributed by atoms with Gasteiger partial charge >= 0.3 is 0 Å². The van der Waals surface area contributed by atoms with E-state index in [1.54, 1.807) is 18.2 Å². The van der Waals surface area contributed by atoms with E-state index >= 15 is 0 Å². The number of ether oxygens (including phenoxy) is 2. The summed E-state index contributed by atoms with van der Waals surface area (Å²) in [6.07, 6.45) is 3.28. The third kappa shape index (κ3) is 3.93. The summed E-state index contributed by atoms with van der Waals surface area (Å²) in [4.78, 5) is 10.6. The van der Waals surface area contributed by atoms with Crippen LogP contribution in [0.4, 0.5) is 11.5 Å². The molecular formula is C20H25N5O3. The second-order valence-corrected chi connectivity index (χ2v) is 7.56. The number of nitrogen functional groups attached to an aromatic ring is 1. The molecule has 0 spiro atoms. The fraction of sp³-hybridized carbons (Fsp3) is 0.450. The van der Waals surface area contributed by atoms with Crippen molar-refractivity contribution in [3.8, 4) is 5.75 Å². The van der Waals surface area contributed by atoms with Gasteiger partial charge in [-0.25, -0.2) is 9.97 Å². The van der Waals surface area contributed by atoms with Crippen LogP contribution in [0.3, 0.4) is 0 Å². The first-order valence-corrected chi connectivity index (χ1v) is 9.45. The van der Waals surface area contributed by atoms with Crippen molar-refractivity contribution >= 4 is 17.2 Å². The Morgan fingerprint density at radius 3 is 2.96 bits per heavy atom. The van der Waals surface area contributed by atoms with E-state index in [1.165, 1.54) is 6.33 Å². The lowest BCUT2D eigenvalue weighted by Crippen LogP contribution is -2.44. The molecule has 4 rings (SSSR count). The largest absolute Gasteiger partial charge is 0.488 e. The third-order valence-corrected chi connectivity index (χ3v) is 5.19. The molecule has 1 aliphatic heterocycles. The van der Waals surface area contributed by atoms with Crippen LogP contribution in [0.2, 0.25) is 0 Å². The van der Waals surface area contributed by atoms with E-state index in [2.05, 4.69) is 16.9 Å². The lowest BCUT2D eigenvalue weighted by Gasteiger charge is -2.32. The molecule has 0 bridgehead atoms. The number of anilines is 2. The first-order valence-electron chi connectivity index (χ1n) is 9.45. The van der Waals surface area contributed by atoms with Crippen LogP contribution < -0.4 is 15.4 Å². The van der Waals surface area contributed by atoms with Gasteiger partial charge in [-0.3, -0.25) is 5.41 Å². The zero-order valence-electron chi connectivity index (χ0n) is 15.9. The average molecular weight is 383 g/mol. The van der Waals surface area contributed by atoms with E-state index in [4.69, 9.17) is 20.6 Å². The van der Waals surface area contributed by atoms with Gasteiger partial charge in [0, 0.05) is 30.4 Å². The molecule has 0 amide bonds. The van der Waals surface area contributed by atoms with Gasteiger partial charge in [0.2, 0.25) is 0 Å². The second-order valence-electron chi connectivity index (χ2n) is 7.56. The van der Waals surface area contributed by atoms with Crippen molar-refractivity contribution in [1.82, 2.24) is 9.97 Å². The number of hydrogen-bond donors (Lipinski definition) is 3. The number of nitrogens with two attached hydrogens (primary N) is 1. The molecule has 2 aromatic rings. The lowest BCUT2D eigenvalue weighted by molar-refractivity contribution is 0.00335. The van der Waals surface area contributed by atoms with Crippen molar-refractivity contribution in [2.45, 2.75) is 31.5 Å². The molecule has 8 heteroatoms. The SMILES string of the molecule is CC1(Oc2ccc(N)c(C(=N)c3cc(N4CCOC(CO)C4)ncn3)c2)CC1. The van der Waals surface area contributed by atoms with E-state index in [9.17, 15) is 5.11 Å². The van der Waals surface area contributed by atoms with Crippen LogP contribution in [0.25, 0.3) is 0 Å². The molecule has 2 fully saturated rings. The van der Waals surface area contributed by atoms with E-state index in [0.717, 1.165) is 12.8 Å². The molecule has 2 heterocycles. The van der Waals surface area contributed by atoms with Gasteiger partial charge in [0.15, 0.2) is 0 Å². The molecule has 1 atom stereocenters. The summed E-state index contributed by atoms with van der Waals surface area (Å²) in [5.41, 5.74) is 7.83. The third-order valence-electron chi connectivity index (χ3n) is 5.19. The number of aliphatic hydroxyl groups excluding tert-OH is 1. The number of aliphatic hydroxyl groups is 1. The Morgan fingerprint density at radius 2 is 2.21 bits per heavy atom. The van der Waals surface area contributed by atoms with Crippen LogP contribution in [0.5, 0.6) is 5.75 Å². The van der Waals surface area contributed by atoms with Gasteiger partial charge in [0.05, 0.1) is 30.7 Å². The molecular weight excluding hydrogens is 358 g/mol. The fourth-order valence-corrected chi connectivity index (χ4v) is 3.21. The fourth-order valence-electron chi connectivity index (χ4n) is 3.21. The minimum Gasteiger partial charge on any atom is -0.488 e. The van der Waals surface area contributed by atoms with Gasteiger partial charge in [-0.1, -0.05) is 0 Å². The van der Waals surface area contributed by atoms with Crippen LogP contribution >= 0.6 is 0 Å². The molecule has 1 unspecified atom stereocenters. The van der Waals surface area contributed by atoms with Gasteiger partial charge in [-0.05, 0) is 38.0 Å². The monoisotopic (exact) mass is 383 g/mol. The topological polar surface area (TPSA) is 118 Å². The Bertz CT molecular complexity index is 884. The molecule has 1 saturated heterocycles. The van der Waals surface area contributed by atoms with E-state index in [-0.39, 0.29) is 24.0 Å². The number of nitrogens with zero attached hydrogens (tertiary/aromatic N) is 3. The standard InChI is InChI=1S/C20H25N5O3/c1-20(4-5-20)28-13-2-3-16(21)15(8-13)19(22)17-9-18(24-12-23-17)25-6-7-27-14(10-25)11-26/h2-3,8-9,12,14,22,26H,4-7,10-11,21H2,1H3. The van der Waals surface area contributed by atoms with Crippen molar-refractivity contribution in [2.24, 2.45) is 0 Å². The van der Waals surface area contributed by atoms with Crippen LogP contribution in [-0.2, 0) is 4.74 Å². The second kappa shape index (κ2) is 7.37. The first-order chi connectivity index (χ1) is 13.5. The molecule has 1 aromatic carbocycles. The Morgan fingerprint density at radius 1 is 1.39 bits per heavy atom. The highest BCUT2D eigenvalue weighted by Crippen LogP contribution is 2.40. The summed E-state index contributed by atoms with van der Waals surface area (Å²) in [6.45, 7) is 3.78. The van der Waals surface area contributed by atoms with Crippen molar-refractivity contribution in [2.75, 3.05) is 36.9 Å².